The zero-order valence-corrected chi connectivity index (χ0v) is 11.6. The third-order valence-corrected chi connectivity index (χ3v) is 4.16. The number of fused-ring (bicyclic) bond motifs is 1. The monoisotopic (exact) mass is 284 g/mol. The van der Waals surface area contributed by atoms with Gasteiger partial charge in [-0.25, -0.2) is 0 Å². The molecule has 4 nitrogen and oxygen atoms in total. The van der Waals surface area contributed by atoms with Gasteiger partial charge in [-0.3, -0.25) is 4.79 Å². The molecule has 0 atom stereocenters. The van der Waals surface area contributed by atoms with E-state index in [0.29, 0.717) is 4.80 Å². The maximum atomic E-state index is 12.1. The number of benzene rings is 2. The third kappa shape index (κ3) is 2.12. The Morgan fingerprint density at radius 1 is 1.15 bits per heavy atom. The molecule has 0 aliphatic rings. The zero-order chi connectivity index (χ0) is 14.1. The molecule has 2 aromatic carbocycles. The summed E-state index contributed by atoms with van der Waals surface area (Å²) in [7, 11) is 1.87. The molecule has 0 saturated carbocycles. The maximum absolute atomic E-state index is 12.1. The van der Waals surface area contributed by atoms with E-state index in [2.05, 4.69) is 4.99 Å². The van der Waals surface area contributed by atoms with Crippen LogP contribution < -0.4 is 4.80 Å². The van der Waals surface area contributed by atoms with Crippen molar-refractivity contribution in [3.05, 3.63) is 58.9 Å². The van der Waals surface area contributed by atoms with Crippen LogP contribution in [0.4, 0.5) is 0 Å². The number of nitrogens with zero attached hydrogens (tertiary/aromatic N) is 2. The minimum Gasteiger partial charge on any atom is -0.507 e. The van der Waals surface area contributed by atoms with Gasteiger partial charge in [0.05, 0.1) is 15.8 Å². The molecule has 0 spiro atoms. The molecule has 1 amide bonds. The summed E-state index contributed by atoms with van der Waals surface area (Å²) in [5.41, 5.74) is 1.24. The van der Waals surface area contributed by atoms with Crippen molar-refractivity contribution in [3.63, 3.8) is 0 Å². The van der Waals surface area contributed by atoms with E-state index < -0.39 is 5.91 Å². The minimum absolute atomic E-state index is 0.0509. The van der Waals surface area contributed by atoms with Gasteiger partial charge in [-0.05, 0) is 24.3 Å². The molecule has 1 heterocycles. The van der Waals surface area contributed by atoms with E-state index in [-0.39, 0.29) is 11.3 Å². The van der Waals surface area contributed by atoms with E-state index in [1.54, 1.807) is 18.2 Å². The van der Waals surface area contributed by atoms with Crippen LogP contribution in [0.3, 0.4) is 0 Å². The number of carbonyl (C=O) groups excluding carboxylic acids is 1. The molecule has 1 N–H and O–H groups in total. The van der Waals surface area contributed by atoms with Crippen LogP contribution in [-0.2, 0) is 7.05 Å². The second-order valence-corrected chi connectivity index (χ2v) is 5.35. The van der Waals surface area contributed by atoms with Crippen LogP contribution >= 0.6 is 11.3 Å². The lowest BCUT2D eigenvalue weighted by Gasteiger charge is -1.98. The molecule has 0 fully saturated rings. The Morgan fingerprint density at radius 3 is 2.60 bits per heavy atom. The fraction of sp³-hybridized carbons (Fsp3) is 0.0667. The van der Waals surface area contributed by atoms with E-state index in [1.165, 1.54) is 17.4 Å². The fourth-order valence-electron chi connectivity index (χ4n) is 1.99. The molecular formula is C15H12N2O2S. The van der Waals surface area contributed by atoms with E-state index in [9.17, 15) is 9.90 Å². The number of aryl methyl sites for hydroxylation is 1. The van der Waals surface area contributed by atoms with Crippen LogP contribution in [0.2, 0.25) is 0 Å². The largest absolute Gasteiger partial charge is 0.507 e. The Bertz CT molecular complexity index is 861. The first-order chi connectivity index (χ1) is 9.66. The van der Waals surface area contributed by atoms with Crippen molar-refractivity contribution in [2.45, 2.75) is 0 Å². The van der Waals surface area contributed by atoms with Crippen molar-refractivity contribution < 1.29 is 9.90 Å². The van der Waals surface area contributed by atoms with Crippen molar-refractivity contribution in [1.29, 1.82) is 0 Å². The average Bonchev–Trinajstić information content (AvgIpc) is 2.76. The predicted molar refractivity (Wildman–Crippen MR) is 78.8 cm³/mol. The van der Waals surface area contributed by atoms with Gasteiger partial charge in [0.15, 0.2) is 4.80 Å². The van der Waals surface area contributed by atoms with Gasteiger partial charge in [-0.1, -0.05) is 35.6 Å². The third-order valence-electron chi connectivity index (χ3n) is 3.05. The van der Waals surface area contributed by atoms with Crippen molar-refractivity contribution in [2.24, 2.45) is 12.0 Å². The van der Waals surface area contributed by atoms with Gasteiger partial charge in [0, 0.05) is 7.05 Å². The van der Waals surface area contributed by atoms with Crippen LogP contribution in [-0.4, -0.2) is 15.6 Å². The van der Waals surface area contributed by atoms with Crippen LogP contribution in [0.25, 0.3) is 10.2 Å². The van der Waals surface area contributed by atoms with Gasteiger partial charge in [0.2, 0.25) is 0 Å². The Morgan fingerprint density at radius 2 is 1.85 bits per heavy atom. The molecule has 0 unspecified atom stereocenters. The van der Waals surface area contributed by atoms with E-state index in [1.807, 2.05) is 35.9 Å². The standard InChI is InChI=1S/C15H12N2O2S/c1-17-11-7-3-5-9-13(11)20-15(17)16-14(19)10-6-2-4-8-12(10)18/h2-9,18H,1H3. The first-order valence-corrected chi connectivity index (χ1v) is 6.90. The Labute approximate surface area is 119 Å². The number of carbonyl (C=O) groups is 1. The lowest BCUT2D eigenvalue weighted by Crippen LogP contribution is -2.13. The normalized spacial score (nSPS) is 11.9. The summed E-state index contributed by atoms with van der Waals surface area (Å²) in [5, 5.41) is 9.68. The molecule has 20 heavy (non-hydrogen) atoms. The van der Waals surface area contributed by atoms with Crippen LogP contribution in [0.15, 0.2) is 53.5 Å². The SMILES string of the molecule is Cn1c(=NC(=O)c2ccccc2O)sc2ccccc21. The summed E-state index contributed by atoms with van der Waals surface area (Å²) < 4.78 is 2.94. The molecule has 100 valence electrons. The topological polar surface area (TPSA) is 54.6 Å². The molecule has 0 bridgehead atoms. The number of para-hydroxylation sites is 2. The highest BCUT2D eigenvalue weighted by atomic mass is 32.1. The summed E-state index contributed by atoms with van der Waals surface area (Å²) in [6, 6.07) is 14.3. The number of aromatic nitrogens is 1. The second kappa shape index (κ2) is 4.94. The number of phenols is 1. The number of aromatic hydroxyl groups is 1. The highest BCUT2D eigenvalue weighted by molar-refractivity contribution is 7.16. The quantitative estimate of drug-likeness (QED) is 0.747. The summed E-state index contributed by atoms with van der Waals surface area (Å²) in [5.74, 6) is -0.490. The Kier molecular flexibility index (Phi) is 3.12. The van der Waals surface area contributed by atoms with E-state index >= 15 is 0 Å². The minimum atomic E-state index is -0.440. The lowest BCUT2D eigenvalue weighted by atomic mass is 10.2. The zero-order valence-electron chi connectivity index (χ0n) is 10.8. The molecule has 1 aromatic heterocycles. The van der Waals surface area contributed by atoms with E-state index in [4.69, 9.17) is 0 Å². The molecule has 0 radical (unpaired) electrons. The molecular weight excluding hydrogens is 272 g/mol. The summed E-state index contributed by atoms with van der Waals surface area (Å²) in [4.78, 5) is 16.9. The van der Waals surface area contributed by atoms with Gasteiger partial charge in [-0.2, -0.15) is 4.99 Å². The first kappa shape index (κ1) is 12.6. The summed E-state index contributed by atoms with van der Waals surface area (Å²) in [6.45, 7) is 0. The highest BCUT2D eigenvalue weighted by Gasteiger charge is 2.10. The number of hydrogen-bond acceptors (Lipinski definition) is 3. The van der Waals surface area contributed by atoms with Crippen LogP contribution in [0.5, 0.6) is 5.75 Å². The van der Waals surface area contributed by atoms with Gasteiger partial charge in [0.25, 0.3) is 5.91 Å². The lowest BCUT2D eigenvalue weighted by molar-refractivity contribution is 0.0995. The smallest absolute Gasteiger partial charge is 0.283 e. The van der Waals surface area contributed by atoms with Gasteiger partial charge >= 0.3 is 0 Å². The average molecular weight is 284 g/mol. The molecule has 0 saturated heterocycles. The molecule has 3 rings (SSSR count). The number of hydrogen-bond donors (Lipinski definition) is 1. The molecule has 0 aliphatic heterocycles. The molecule has 5 heteroatoms. The maximum Gasteiger partial charge on any atom is 0.283 e. The van der Waals surface area contributed by atoms with Crippen LogP contribution in [0, 0.1) is 0 Å². The van der Waals surface area contributed by atoms with Crippen molar-refractivity contribution in [1.82, 2.24) is 4.57 Å². The fourth-order valence-corrected chi connectivity index (χ4v) is 3.01. The second-order valence-electron chi connectivity index (χ2n) is 4.35. The number of thiazole rings is 1. The Hall–Kier alpha value is -2.40. The van der Waals surface area contributed by atoms with Gasteiger partial charge in [-0.15, -0.1) is 0 Å². The van der Waals surface area contributed by atoms with Crippen molar-refractivity contribution in [2.75, 3.05) is 0 Å². The summed E-state index contributed by atoms with van der Waals surface area (Å²) >= 11 is 1.45. The van der Waals surface area contributed by atoms with Gasteiger partial charge in [0.1, 0.15) is 5.75 Å². The van der Waals surface area contributed by atoms with Crippen molar-refractivity contribution in [3.8, 4) is 5.75 Å². The van der Waals surface area contributed by atoms with Crippen molar-refractivity contribution >= 4 is 27.5 Å². The Balaban J connectivity index is 2.13. The predicted octanol–water partition coefficient (Wildman–Crippen LogP) is 2.69. The van der Waals surface area contributed by atoms with Gasteiger partial charge < -0.3 is 9.67 Å². The number of phenolic OH excluding ortho intramolecular Hbond substituents is 1. The highest BCUT2D eigenvalue weighted by Crippen LogP contribution is 2.18. The van der Waals surface area contributed by atoms with E-state index in [0.717, 1.165) is 10.2 Å². The van der Waals surface area contributed by atoms with Crippen LogP contribution in [0.1, 0.15) is 10.4 Å². The number of amides is 1. The molecule has 0 aliphatic carbocycles. The number of rotatable bonds is 1. The summed E-state index contributed by atoms with van der Waals surface area (Å²) in [6.07, 6.45) is 0. The molecule has 3 aromatic rings. The first-order valence-electron chi connectivity index (χ1n) is 6.08.